The van der Waals surface area contributed by atoms with Gasteiger partial charge in [-0.3, -0.25) is 4.79 Å². The fraction of sp³-hybridized carbons (Fsp3) is 0.438. The van der Waals surface area contributed by atoms with Crippen LogP contribution in [0.2, 0.25) is 0 Å². The van der Waals surface area contributed by atoms with Crippen LogP contribution >= 0.6 is 0 Å². The van der Waals surface area contributed by atoms with Crippen LogP contribution in [0.15, 0.2) is 28.7 Å². The van der Waals surface area contributed by atoms with E-state index in [4.69, 9.17) is 4.42 Å². The van der Waals surface area contributed by atoms with Crippen LogP contribution in [-0.2, 0) is 0 Å². The lowest BCUT2D eigenvalue weighted by atomic mass is 9.92. The standard InChI is InChI=1S/C16H21N3O3/c1-10(2)16(4,21)9-17-14(20)12-6-5-7-13(8-12)15-19-18-11(3)22-15/h5-8,10,21H,9H2,1-4H3,(H,17,20). The van der Waals surface area contributed by atoms with Crippen molar-refractivity contribution in [1.29, 1.82) is 0 Å². The molecule has 2 aromatic rings. The highest BCUT2D eigenvalue weighted by Crippen LogP contribution is 2.19. The minimum Gasteiger partial charge on any atom is -0.421 e. The molecule has 1 amide bonds. The summed E-state index contributed by atoms with van der Waals surface area (Å²) in [5, 5.41) is 20.6. The minimum atomic E-state index is -0.948. The smallest absolute Gasteiger partial charge is 0.251 e. The third kappa shape index (κ3) is 3.71. The summed E-state index contributed by atoms with van der Waals surface area (Å²) in [7, 11) is 0. The van der Waals surface area contributed by atoms with Crippen molar-refractivity contribution >= 4 is 5.91 Å². The highest BCUT2D eigenvalue weighted by Gasteiger charge is 2.25. The molecule has 6 heteroatoms. The van der Waals surface area contributed by atoms with Crippen molar-refractivity contribution in [3.63, 3.8) is 0 Å². The molecule has 1 atom stereocenters. The normalized spacial score (nSPS) is 13.9. The second-order valence-electron chi connectivity index (χ2n) is 5.90. The first-order chi connectivity index (χ1) is 10.3. The van der Waals surface area contributed by atoms with Crippen LogP contribution < -0.4 is 5.32 Å². The molecule has 0 spiro atoms. The third-order valence-electron chi connectivity index (χ3n) is 3.75. The molecule has 118 valence electrons. The Morgan fingerprint density at radius 1 is 1.41 bits per heavy atom. The lowest BCUT2D eigenvalue weighted by Gasteiger charge is -2.27. The van der Waals surface area contributed by atoms with E-state index in [1.54, 1.807) is 38.1 Å². The Morgan fingerprint density at radius 2 is 2.14 bits per heavy atom. The van der Waals surface area contributed by atoms with Gasteiger partial charge < -0.3 is 14.8 Å². The van der Waals surface area contributed by atoms with Crippen molar-refractivity contribution in [2.45, 2.75) is 33.3 Å². The van der Waals surface area contributed by atoms with E-state index in [1.165, 1.54) is 0 Å². The number of benzene rings is 1. The van der Waals surface area contributed by atoms with E-state index in [2.05, 4.69) is 15.5 Å². The summed E-state index contributed by atoms with van der Waals surface area (Å²) in [6.07, 6.45) is 0. The summed E-state index contributed by atoms with van der Waals surface area (Å²) in [6, 6.07) is 6.94. The van der Waals surface area contributed by atoms with Gasteiger partial charge in [0.05, 0.1) is 5.60 Å². The van der Waals surface area contributed by atoms with E-state index in [0.29, 0.717) is 22.9 Å². The van der Waals surface area contributed by atoms with Crippen LogP contribution in [0.1, 0.15) is 37.0 Å². The predicted molar refractivity (Wildman–Crippen MR) is 82.3 cm³/mol. The summed E-state index contributed by atoms with van der Waals surface area (Å²) >= 11 is 0. The SMILES string of the molecule is Cc1nnc(-c2cccc(C(=O)NCC(C)(O)C(C)C)c2)o1. The van der Waals surface area contributed by atoms with Crippen molar-refractivity contribution in [1.82, 2.24) is 15.5 Å². The molecule has 0 aliphatic heterocycles. The number of nitrogens with zero attached hydrogens (tertiary/aromatic N) is 2. The maximum atomic E-state index is 12.2. The lowest BCUT2D eigenvalue weighted by Crippen LogP contribution is -2.44. The molecule has 22 heavy (non-hydrogen) atoms. The molecule has 0 saturated heterocycles. The van der Waals surface area contributed by atoms with Gasteiger partial charge in [-0.25, -0.2) is 0 Å². The number of hydrogen-bond donors (Lipinski definition) is 2. The molecular formula is C16H21N3O3. The van der Waals surface area contributed by atoms with Crippen LogP contribution in [-0.4, -0.2) is 33.4 Å². The zero-order chi connectivity index (χ0) is 16.3. The van der Waals surface area contributed by atoms with Crippen molar-refractivity contribution < 1.29 is 14.3 Å². The largest absolute Gasteiger partial charge is 0.421 e. The Kier molecular flexibility index (Phi) is 4.61. The molecule has 2 rings (SSSR count). The zero-order valence-electron chi connectivity index (χ0n) is 13.3. The highest BCUT2D eigenvalue weighted by atomic mass is 16.4. The number of hydrogen-bond acceptors (Lipinski definition) is 5. The van der Waals surface area contributed by atoms with Crippen LogP contribution in [0, 0.1) is 12.8 Å². The molecule has 0 aliphatic rings. The number of carbonyl (C=O) groups is 1. The van der Waals surface area contributed by atoms with E-state index in [1.807, 2.05) is 13.8 Å². The van der Waals surface area contributed by atoms with Gasteiger partial charge in [0.25, 0.3) is 5.91 Å². The van der Waals surface area contributed by atoms with E-state index < -0.39 is 5.60 Å². The van der Waals surface area contributed by atoms with Crippen molar-refractivity contribution in [2.24, 2.45) is 5.92 Å². The molecule has 0 radical (unpaired) electrons. The maximum absolute atomic E-state index is 12.2. The Balaban J connectivity index is 2.11. The predicted octanol–water partition coefficient (Wildman–Crippen LogP) is 2.18. The summed E-state index contributed by atoms with van der Waals surface area (Å²) in [5.41, 5.74) is 0.216. The first-order valence-electron chi connectivity index (χ1n) is 7.21. The minimum absolute atomic E-state index is 0.0421. The molecule has 1 aromatic heterocycles. The second-order valence-corrected chi connectivity index (χ2v) is 5.90. The average molecular weight is 303 g/mol. The number of nitrogens with one attached hydrogen (secondary N) is 1. The monoisotopic (exact) mass is 303 g/mol. The molecule has 2 N–H and O–H groups in total. The van der Waals surface area contributed by atoms with Crippen molar-refractivity contribution in [2.75, 3.05) is 6.54 Å². The van der Waals surface area contributed by atoms with E-state index in [9.17, 15) is 9.90 Å². The molecule has 0 fully saturated rings. The fourth-order valence-corrected chi connectivity index (χ4v) is 1.77. The molecule has 1 heterocycles. The van der Waals surface area contributed by atoms with Gasteiger partial charge in [0.2, 0.25) is 11.8 Å². The lowest BCUT2D eigenvalue weighted by molar-refractivity contribution is 0.0142. The Morgan fingerprint density at radius 3 is 2.73 bits per heavy atom. The molecule has 1 aromatic carbocycles. The van der Waals surface area contributed by atoms with Crippen molar-refractivity contribution in [3.05, 3.63) is 35.7 Å². The quantitative estimate of drug-likeness (QED) is 0.884. The Hall–Kier alpha value is -2.21. The number of aliphatic hydroxyl groups is 1. The first kappa shape index (κ1) is 16.2. The van der Waals surface area contributed by atoms with Gasteiger partial charge in [-0.2, -0.15) is 0 Å². The summed E-state index contributed by atoms with van der Waals surface area (Å²) in [5.74, 6) is 0.638. The molecule has 0 saturated carbocycles. The van der Waals surface area contributed by atoms with Gasteiger partial charge in [-0.05, 0) is 31.0 Å². The van der Waals surface area contributed by atoms with E-state index >= 15 is 0 Å². The number of carbonyl (C=O) groups excluding carboxylic acids is 1. The van der Waals surface area contributed by atoms with E-state index in [-0.39, 0.29) is 18.4 Å². The number of aryl methyl sites for hydroxylation is 1. The second kappa shape index (κ2) is 6.27. The van der Waals surface area contributed by atoms with Crippen LogP contribution in [0.4, 0.5) is 0 Å². The van der Waals surface area contributed by atoms with Gasteiger partial charge in [-0.1, -0.05) is 19.9 Å². The van der Waals surface area contributed by atoms with Gasteiger partial charge in [-0.15, -0.1) is 10.2 Å². The third-order valence-corrected chi connectivity index (χ3v) is 3.75. The fourth-order valence-electron chi connectivity index (χ4n) is 1.77. The van der Waals surface area contributed by atoms with Gasteiger partial charge in [0.15, 0.2) is 0 Å². The average Bonchev–Trinajstić information content (AvgIpc) is 2.91. The summed E-state index contributed by atoms with van der Waals surface area (Å²) < 4.78 is 5.36. The maximum Gasteiger partial charge on any atom is 0.251 e. The van der Waals surface area contributed by atoms with Crippen LogP contribution in [0.25, 0.3) is 11.5 Å². The molecule has 1 unspecified atom stereocenters. The first-order valence-corrected chi connectivity index (χ1v) is 7.21. The summed E-state index contributed by atoms with van der Waals surface area (Å²) in [6.45, 7) is 7.42. The van der Waals surface area contributed by atoms with E-state index in [0.717, 1.165) is 0 Å². The molecular weight excluding hydrogens is 282 g/mol. The number of amides is 1. The van der Waals surface area contributed by atoms with Crippen LogP contribution in [0.3, 0.4) is 0 Å². The number of aromatic nitrogens is 2. The molecule has 6 nitrogen and oxygen atoms in total. The number of rotatable bonds is 5. The van der Waals surface area contributed by atoms with Gasteiger partial charge in [0.1, 0.15) is 0 Å². The van der Waals surface area contributed by atoms with Crippen LogP contribution in [0.5, 0.6) is 0 Å². The van der Waals surface area contributed by atoms with Crippen molar-refractivity contribution in [3.8, 4) is 11.5 Å². The topological polar surface area (TPSA) is 88.2 Å². The summed E-state index contributed by atoms with van der Waals surface area (Å²) in [4.78, 5) is 12.2. The Labute approximate surface area is 129 Å². The Bertz CT molecular complexity index is 662. The molecule has 0 bridgehead atoms. The zero-order valence-corrected chi connectivity index (χ0v) is 13.3. The van der Waals surface area contributed by atoms with Gasteiger partial charge >= 0.3 is 0 Å². The highest BCUT2D eigenvalue weighted by molar-refractivity contribution is 5.95. The van der Waals surface area contributed by atoms with Gasteiger partial charge in [0, 0.05) is 24.6 Å². The molecule has 0 aliphatic carbocycles.